The highest BCUT2D eigenvalue weighted by molar-refractivity contribution is 5.95. The Morgan fingerprint density at radius 1 is 0.372 bits per heavy atom. The number of pyridine rings is 1. The zero-order chi connectivity index (χ0) is 29.3. The van der Waals surface area contributed by atoms with Crippen LogP contribution in [-0.2, 0) is 0 Å². The first-order chi connectivity index (χ1) is 21.1. The lowest BCUT2D eigenvalue weighted by Crippen LogP contribution is -2.00. The lowest BCUT2D eigenvalue weighted by atomic mass is 9.80. The topological polar surface area (TPSA) is 12.9 Å². The second kappa shape index (κ2) is 11.2. The zero-order valence-corrected chi connectivity index (χ0v) is 24.8. The molecule has 6 aromatic carbocycles. The predicted molar refractivity (Wildman–Crippen MR) is 183 cm³/mol. The molecule has 0 N–H and O–H groups in total. The first-order valence-electron chi connectivity index (χ1n) is 14.9. The zero-order valence-electron chi connectivity index (χ0n) is 24.8. The molecule has 0 aliphatic heterocycles. The van der Waals surface area contributed by atoms with Crippen molar-refractivity contribution in [2.24, 2.45) is 0 Å². The molecule has 0 unspecified atom stereocenters. The summed E-state index contributed by atoms with van der Waals surface area (Å²) in [7, 11) is 0. The Morgan fingerprint density at radius 3 is 1.42 bits per heavy atom. The number of aromatic nitrogens is 1. The van der Waals surface area contributed by atoms with Crippen LogP contribution in [0, 0.1) is 20.8 Å². The van der Waals surface area contributed by atoms with Crippen LogP contribution in [0.5, 0.6) is 0 Å². The lowest BCUT2D eigenvalue weighted by molar-refractivity contribution is 1.32. The Bertz CT molecular complexity index is 2020. The predicted octanol–water partition coefficient (Wildman–Crippen LogP) is 11.5. The van der Waals surface area contributed by atoms with Crippen LogP contribution < -0.4 is 0 Å². The molecular weight excluding hydrogens is 518 g/mol. The summed E-state index contributed by atoms with van der Waals surface area (Å²) < 4.78 is 0. The Kier molecular flexibility index (Phi) is 6.93. The minimum Gasteiger partial charge on any atom is -0.256 e. The van der Waals surface area contributed by atoms with Gasteiger partial charge < -0.3 is 0 Å². The van der Waals surface area contributed by atoms with Gasteiger partial charge in [-0.25, -0.2) is 0 Å². The monoisotopic (exact) mass is 551 g/mol. The molecule has 0 fully saturated rings. The highest BCUT2D eigenvalue weighted by atomic mass is 14.7. The molecule has 0 bridgehead atoms. The summed E-state index contributed by atoms with van der Waals surface area (Å²) in [6, 6.07) is 50.0. The van der Waals surface area contributed by atoms with Gasteiger partial charge in [0.05, 0.1) is 5.69 Å². The highest BCUT2D eigenvalue weighted by Crippen LogP contribution is 2.44. The molecule has 0 saturated carbocycles. The largest absolute Gasteiger partial charge is 0.256 e. The number of fused-ring (bicyclic) bond motifs is 1. The third-order valence-electron chi connectivity index (χ3n) is 8.67. The number of benzene rings is 6. The van der Waals surface area contributed by atoms with E-state index in [2.05, 4.69) is 160 Å². The van der Waals surface area contributed by atoms with Crippen LogP contribution in [0.4, 0.5) is 0 Å². The third kappa shape index (κ3) is 4.83. The molecule has 43 heavy (non-hydrogen) atoms. The summed E-state index contributed by atoms with van der Waals surface area (Å²) in [6.07, 6.45) is 1.91. The Hall–Kier alpha value is -5.27. The standard InChI is InChI=1S/C42H33N/c1-28-39(32-15-6-4-7-16-32)29(2)41(30(3)40(28)33-17-8-5-9-18-33)36-21-12-19-34(26-36)35-20-13-22-37(27-35)42-38-23-11-10-14-31(38)24-25-43-42/h4-27H,1-3H3. The quantitative estimate of drug-likeness (QED) is 0.207. The summed E-state index contributed by atoms with van der Waals surface area (Å²) in [5, 5.41) is 2.37. The summed E-state index contributed by atoms with van der Waals surface area (Å²) in [5.41, 5.74) is 16.1. The molecule has 206 valence electrons. The Balaban J connectivity index is 1.40. The molecule has 0 aliphatic rings. The van der Waals surface area contributed by atoms with Crippen molar-refractivity contribution in [2.75, 3.05) is 0 Å². The smallest absolute Gasteiger partial charge is 0.0780 e. The first kappa shape index (κ1) is 26.6. The van der Waals surface area contributed by atoms with E-state index in [0.717, 1.165) is 11.3 Å². The number of rotatable bonds is 5. The minimum absolute atomic E-state index is 1.02. The molecule has 1 nitrogen and oxygen atoms in total. The van der Waals surface area contributed by atoms with Crippen LogP contribution in [0.3, 0.4) is 0 Å². The Labute approximate surface area is 254 Å². The van der Waals surface area contributed by atoms with E-state index < -0.39 is 0 Å². The van der Waals surface area contributed by atoms with Gasteiger partial charge in [-0.2, -0.15) is 0 Å². The van der Waals surface area contributed by atoms with Crippen LogP contribution in [0.2, 0.25) is 0 Å². The molecule has 0 radical (unpaired) electrons. The third-order valence-corrected chi connectivity index (χ3v) is 8.67. The lowest BCUT2D eigenvalue weighted by Gasteiger charge is -2.23. The average molecular weight is 552 g/mol. The fourth-order valence-corrected chi connectivity index (χ4v) is 6.78. The summed E-state index contributed by atoms with van der Waals surface area (Å²) >= 11 is 0. The van der Waals surface area contributed by atoms with Crippen LogP contribution in [-0.4, -0.2) is 4.98 Å². The maximum atomic E-state index is 4.79. The fourth-order valence-electron chi connectivity index (χ4n) is 6.78. The SMILES string of the molecule is Cc1c(-c2ccccc2)c(C)c(-c2cccc(-c3cccc(-c4nccc5ccccc45)c3)c2)c(C)c1-c1ccccc1. The summed E-state index contributed by atoms with van der Waals surface area (Å²) in [5.74, 6) is 0. The number of hydrogen-bond acceptors (Lipinski definition) is 1. The van der Waals surface area contributed by atoms with E-state index in [1.807, 2.05) is 6.20 Å². The molecule has 0 spiro atoms. The van der Waals surface area contributed by atoms with E-state index in [-0.39, 0.29) is 0 Å². The van der Waals surface area contributed by atoms with Crippen molar-refractivity contribution in [1.82, 2.24) is 4.98 Å². The van der Waals surface area contributed by atoms with E-state index in [9.17, 15) is 0 Å². The first-order valence-corrected chi connectivity index (χ1v) is 14.9. The second-order valence-electron chi connectivity index (χ2n) is 11.3. The molecule has 1 heterocycles. The van der Waals surface area contributed by atoms with Gasteiger partial charge in [0.1, 0.15) is 0 Å². The second-order valence-corrected chi connectivity index (χ2v) is 11.3. The van der Waals surface area contributed by atoms with Gasteiger partial charge in [0, 0.05) is 17.1 Å². The molecule has 0 saturated heterocycles. The normalized spacial score (nSPS) is 11.1. The maximum absolute atomic E-state index is 4.79. The Morgan fingerprint density at radius 2 is 0.814 bits per heavy atom. The van der Waals surface area contributed by atoms with Crippen molar-refractivity contribution in [3.05, 3.63) is 162 Å². The molecule has 1 aromatic heterocycles. The molecule has 7 rings (SSSR count). The molecule has 7 aromatic rings. The van der Waals surface area contributed by atoms with Gasteiger partial charge in [-0.1, -0.05) is 121 Å². The van der Waals surface area contributed by atoms with Crippen molar-refractivity contribution >= 4 is 10.8 Å². The van der Waals surface area contributed by atoms with E-state index in [0.29, 0.717) is 0 Å². The summed E-state index contributed by atoms with van der Waals surface area (Å²) in [6.45, 7) is 6.84. The van der Waals surface area contributed by atoms with E-state index in [1.54, 1.807) is 0 Å². The van der Waals surface area contributed by atoms with Gasteiger partial charge in [-0.3, -0.25) is 4.98 Å². The minimum atomic E-state index is 1.02. The van der Waals surface area contributed by atoms with Crippen molar-refractivity contribution in [2.45, 2.75) is 20.8 Å². The van der Waals surface area contributed by atoms with Crippen LogP contribution in [0.25, 0.3) is 66.5 Å². The van der Waals surface area contributed by atoms with Gasteiger partial charge in [-0.05, 0) is 106 Å². The van der Waals surface area contributed by atoms with Gasteiger partial charge in [0.2, 0.25) is 0 Å². The maximum Gasteiger partial charge on any atom is 0.0780 e. The van der Waals surface area contributed by atoms with Gasteiger partial charge in [0.25, 0.3) is 0 Å². The molecular formula is C42H33N. The van der Waals surface area contributed by atoms with Crippen molar-refractivity contribution < 1.29 is 0 Å². The molecule has 1 heteroatoms. The van der Waals surface area contributed by atoms with Gasteiger partial charge in [-0.15, -0.1) is 0 Å². The van der Waals surface area contributed by atoms with Crippen molar-refractivity contribution in [3.63, 3.8) is 0 Å². The van der Waals surface area contributed by atoms with Gasteiger partial charge >= 0.3 is 0 Å². The fraction of sp³-hybridized carbons (Fsp3) is 0.0714. The van der Waals surface area contributed by atoms with E-state index in [4.69, 9.17) is 4.98 Å². The average Bonchev–Trinajstić information content (AvgIpc) is 3.06. The van der Waals surface area contributed by atoms with Crippen LogP contribution in [0.15, 0.2) is 146 Å². The summed E-state index contributed by atoms with van der Waals surface area (Å²) in [4.78, 5) is 4.79. The van der Waals surface area contributed by atoms with Crippen molar-refractivity contribution in [1.29, 1.82) is 0 Å². The van der Waals surface area contributed by atoms with Crippen molar-refractivity contribution in [3.8, 4) is 55.8 Å². The number of nitrogens with zero attached hydrogens (tertiary/aromatic N) is 1. The van der Waals surface area contributed by atoms with Crippen LogP contribution in [0.1, 0.15) is 16.7 Å². The molecule has 0 atom stereocenters. The van der Waals surface area contributed by atoms with E-state index in [1.165, 1.54) is 72.0 Å². The van der Waals surface area contributed by atoms with E-state index >= 15 is 0 Å². The molecule has 0 amide bonds. The molecule has 0 aliphatic carbocycles. The number of hydrogen-bond donors (Lipinski definition) is 0. The highest BCUT2D eigenvalue weighted by Gasteiger charge is 2.20. The van der Waals surface area contributed by atoms with Crippen LogP contribution >= 0.6 is 0 Å². The van der Waals surface area contributed by atoms with Gasteiger partial charge in [0.15, 0.2) is 0 Å².